The molecule has 0 radical (unpaired) electrons. The molecule has 0 fully saturated rings. The van der Waals surface area contributed by atoms with Crippen LogP contribution in [0.15, 0.2) is 58.8 Å². The van der Waals surface area contributed by atoms with Gasteiger partial charge in [-0.25, -0.2) is 13.4 Å². The van der Waals surface area contributed by atoms with Crippen LogP contribution in [0.25, 0.3) is 11.3 Å². The lowest BCUT2D eigenvalue weighted by Gasteiger charge is -2.05. The van der Waals surface area contributed by atoms with Crippen molar-refractivity contribution in [3.63, 3.8) is 0 Å². The van der Waals surface area contributed by atoms with E-state index >= 15 is 0 Å². The largest absolute Gasteiger partial charge is 0.352 e. The Morgan fingerprint density at radius 2 is 1.74 bits per heavy atom. The van der Waals surface area contributed by atoms with Crippen LogP contribution in [0.1, 0.15) is 18.9 Å². The average Bonchev–Trinajstić information content (AvgIpc) is 3.20. The average molecular weight is 478 g/mol. The number of amides is 2. The monoisotopic (exact) mass is 477 g/mol. The maximum atomic E-state index is 12.3. The number of hydrogen-bond acceptors (Lipinski definition) is 6. The second-order valence-corrected chi connectivity index (χ2v) is 10.1. The molecule has 0 atom stereocenters. The van der Waals surface area contributed by atoms with Gasteiger partial charge in [0.05, 0.1) is 16.3 Å². The number of anilines is 1. The van der Waals surface area contributed by atoms with Gasteiger partial charge in [-0.2, -0.15) is 0 Å². The SMILES string of the molecule is CC(=O)NCc1ccc(-c2csc(NC(=O)CCS(=O)(=O)c3ccc(Cl)cc3)n2)cc1. The first kappa shape index (κ1) is 22.9. The van der Waals surface area contributed by atoms with Crippen LogP contribution in [0.3, 0.4) is 0 Å². The molecular formula is C21H20ClN3O4S2. The van der Waals surface area contributed by atoms with Crippen LogP contribution in [-0.4, -0.2) is 31.0 Å². The molecule has 0 spiro atoms. The van der Waals surface area contributed by atoms with Crippen molar-refractivity contribution in [1.82, 2.24) is 10.3 Å². The van der Waals surface area contributed by atoms with E-state index in [-0.39, 0.29) is 23.0 Å². The van der Waals surface area contributed by atoms with Gasteiger partial charge in [0.1, 0.15) is 0 Å². The van der Waals surface area contributed by atoms with Crippen molar-refractivity contribution in [3.8, 4) is 11.3 Å². The van der Waals surface area contributed by atoms with E-state index in [9.17, 15) is 18.0 Å². The number of carbonyl (C=O) groups is 2. The van der Waals surface area contributed by atoms with Crippen molar-refractivity contribution < 1.29 is 18.0 Å². The highest BCUT2D eigenvalue weighted by Gasteiger charge is 2.17. The molecule has 0 unspecified atom stereocenters. The van der Waals surface area contributed by atoms with Gasteiger partial charge in [-0.1, -0.05) is 35.9 Å². The van der Waals surface area contributed by atoms with E-state index in [1.54, 1.807) is 0 Å². The van der Waals surface area contributed by atoms with E-state index in [1.165, 1.54) is 42.5 Å². The summed E-state index contributed by atoms with van der Waals surface area (Å²) in [5.74, 6) is -0.830. The second-order valence-electron chi connectivity index (χ2n) is 6.72. The zero-order valence-corrected chi connectivity index (χ0v) is 19.0. The van der Waals surface area contributed by atoms with Gasteiger partial charge in [0.15, 0.2) is 15.0 Å². The third-order valence-electron chi connectivity index (χ3n) is 4.31. The standard InChI is InChI=1S/C21H20ClN3O4S2/c1-14(26)23-12-15-2-4-16(5-3-15)19-13-30-21(24-19)25-20(27)10-11-31(28,29)18-8-6-17(22)7-9-18/h2-9,13H,10-12H2,1H3,(H,23,26)(H,24,25,27). The first-order valence-electron chi connectivity index (χ1n) is 9.30. The number of rotatable bonds is 8. The Bertz CT molecular complexity index is 1170. The van der Waals surface area contributed by atoms with Crippen molar-refractivity contribution in [3.05, 3.63) is 64.5 Å². The molecule has 2 aromatic carbocycles. The molecule has 3 rings (SSSR count). The molecule has 1 aromatic heterocycles. The molecule has 2 amide bonds. The highest BCUT2D eigenvalue weighted by atomic mass is 35.5. The van der Waals surface area contributed by atoms with Crippen LogP contribution < -0.4 is 10.6 Å². The summed E-state index contributed by atoms with van der Waals surface area (Å²) in [5, 5.41) is 8.02. The minimum atomic E-state index is -3.58. The number of halogens is 1. The van der Waals surface area contributed by atoms with E-state index in [0.717, 1.165) is 11.1 Å². The topological polar surface area (TPSA) is 105 Å². The van der Waals surface area contributed by atoms with E-state index in [1.807, 2.05) is 29.6 Å². The zero-order chi connectivity index (χ0) is 22.4. The van der Waals surface area contributed by atoms with Gasteiger partial charge in [0.25, 0.3) is 0 Å². The molecule has 2 N–H and O–H groups in total. The summed E-state index contributed by atoms with van der Waals surface area (Å²) in [6.07, 6.45) is -0.183. The quantitative estimate of drug-likeness (QED) is 0.511. The molecular weight excluding hydrogens is 458 g/mol. The Labute approximate surface area is 189 Å². The normalized spacial score (nSPS) is 11.2. The summed E-state index contributed by atoms with van der Waals surface area (Å²) in [6.45, 7) is 1.92. The van der Waals surface area contributed by atoms with E-state index in [2.05, 4.69) is 15.6 Å². The fraction of sp³-hybridized carbons (Fsp3) is 0.190. The summed E-state index contributed by atoms with van der Waals surface area (Å²) in [4.78, 5) is 27.7. The molecule has 1 heterocycles. The summed E-state index contributed by atoms with van der Waals surface area (Å²) in [5.41, 5.74) is 2.53. The molecule has 0 saturated heterocycles. The third-order valence-corrected chi connectivity index (χ3v) is 7.05. The van der Waals surface area contributed by atoms with Gasteiger partial charge in [-0.3, -0.25) is 9.59 Å². The molecule has 7 nitrogen and oxygen atoms in total. The maximum absolute atomic E-state index is 12.3. The fourth-order valence-electron chi connectivity index (χ4n) is 2.65. The number of benzene rings is 2. The lowest BCUT2D eigenvalue weighted by atomic mass is 10.1. The predicted molar refractivity (Wildman–Crippen MR) is 122 cm³/mol. The van der Waals surface area contributed by atoms with Crippen molar-refractivity contribution >= 4 is 49.7 Å². The van der Waals surface area contributed by atoms with Gasteiger partial charge < -0.3 is 10.6 Å². The highest BCUT2D eigenvalue weighted by Crippen LogP contribution is 2.25. The van der Waals surface area contributed by atoms with Crippen LogP contribution in [0.4, 0.5) is 5.13 Å². The Morgan fingerprint density at radius 1 is 1.06 bits per heavy atom. The maximum Gasteiger partial charge on any atom is 0.227 e. The van der Waals surface area contributed by atoms with Gasteiger partial charge in [0, 0.05) is 35.9 Å². The molecule has 0 aliphatic heterocycles. The van der Waals surface area contributed by atoms with Crippen LogP contribution in [0, 0.1) is 0 Å². The number of thiazole rings is 1. The van der Waals surface area contributed by atoms with Crippen molar-refractivity contribution in [2.75, 3.05) is 11.1 Å². The molecule has 162 valence electrons. The number of hydrogen-bond donors (Lipinski definition) is 2. The van der Waals surface area contributed by atoms with Gasteiger partial charge in [0.2, 0.25) is 11.8 Å². The Kier molecular flexibility index (Phi) is 7.42. The number of carbonyl (C=O) groups excluding carboxylic acids is 2. The van der Waals surface area contributed by atoms with Crippen LogP contribution in [0.5, 0.6) is 0 Å². The minimum absolute atomic E-state index is 0.0927. The van der Waals surface area contributed by atoms with Crippen LogP contribution in [-0.2, 0) is 26.0 Å². The number of nitrogens with one attached hydrogen (secondary N) is 2. The first-order chi connectivity index (χ1) is 14.7. The summed E-state index contributed by atoms with van der Waals surface area (Å²) < 4.78 is 24.7. The Morgan fingerprint density at radius 3 is 2.39 bits per heavy atom. The lowest BCUT2D eigenvalue weighted by molar-refractivity contribution is -0.119. The lowest BCUT2D eigenvalue weighted by Crippen LogP contribution is -2.18. The fourth-order valence-corrected chi connectivity index (χ4v) is 4.75. The predicted octanol–water partition coefficient (Wildman–Crippen LogP) is 3.90. The summed E-state index contributed by atoms with van der Waals surface area (Å²) in [7, 11) is -3.58. The molecule has 0 bridgehead atoms. The second kappa shape index (κ2) is 10.0. The van der Waals surface area contributed by atoms with Crippen LogP contribution >= 0.6 is 22.9 Å². The van der Waals surface area contributed by atoms with Gasteiger partial charge >= 0.3 is 0 Å². The Balaban J connectivity index is 1.56. The molecule has 31 heavy (non-hydrogen) atoms. The summed E-state index contributed by atoms with van der Waals surface area (Å²) >= 11 is 7.04. The smallest absolute Gasteiger partial charge is 0.227 e. The van der Waals surface area contributed by atoms with E-state index in [0.29, 0.717) is 22.4 Å². The van der Waals surface area contributed by atoms with Gasteiger partial charge in [-0.15, -0.1) is 11.3 Å². The van der Waals surface area contributed by atoms with Gasteiger partial charge in [-0.05, 0) is 29.8 Å². The van der Waals surface area contributed by atoms with Crippen molar-refractivity contribution in [2.45, 2.75) is 24.8 Å². The molecule has 0 aliphatic carbocycles. The summed E-state index contributed by atoms with van der Waals surface area (Å²) in [6, 6.07) is 13.4. The van der Waals surface area contributed by atoms with Crippen molar-refractivity contribution in [1.29, 1.82) is 0 Å². The minimum Gasteiger partial charge on any atom is -0.352 e. The number of sulfone groups is 1. The molecule has 10 heteroatoms. The first-order valence-corrected chi connectivity index (χ1v) is 12.2. The number of aromatic nitrogens is 1. The highest BCUT2D eigenvalue weighted by molar-refractivity contribution is 7.91. The third kappa shape index (κ3) is 6.61. The zero-order valence-electron chi connectivity index (χ0n) is 16.6. The molecule has 0 aliphatic rings. The van der Waals surface area contributed by atoms with E-state index < -0.39 is 15.7 Å². The Hall–Kier alpha value is -2.75. The van der Waals surface area contributed by atoms with Crippen LogP contribution in [0.2, 0.25) is 5.02 Å². The van der Waals surface area contributed by atoms with E-state index in [4.69, 9.17) is 11.6 Å². The molecule has 0 saturated carbocycles. The molecule has 3 aromatic rings. The number of nitrogens with zero attached hydrogens (tertiary/aromatic N) is 1. The van der Waals surface area contributed by atoms with Crippen molar-refractivity contribution in [2.24, 2.45) is 0 Å².